The van der Waals surface area contributed by atoms with Crippen LogP contribution in [0.3, 0.4) is 0 Å². The van der Waals surface area contributed by atoms with Crippen molar-refractivity contribution in [2.45, 2.75) is 6.92 Å². The molecule has 1 heterocycles. The SMILES string of the molecule is Cc1cn(C=C(CO)CO)c(=O)[nH]c1=O. The van der Waals surface area contributed by atoms with Gasteiger partial charge >= 0.3 is 5.69 Å². The first-order valence-electron chi connectivity index (χ1n) is 4.32. The molecule has 0 unspecified atom stereocenters. The standard InChI is InChI=1S/C9H12N2O4/c1-6-2-11(3-7(4-12)5-13)9(15)10-8(6)14/h2-3,12-13H,4-5H2,1H3,(H,10,14,15). The van der Waals surface area contributed by atoms with Crippen LogP contribution >= 0.6 is 0 Å². The fourth-order valence-electron chi connectivity index (χ4n) is 1.01. The highest BCUT2D eigenvalue weighted by Gasteiger charge is 1.99. The van der Waals surface area contributed by atoms with Crippen LogP contribution < -0.4 is 11.2 Å². The van der Waals surface area contributed by atoms with Crippen LogP contribution in [0.4, 0.5) is 0 Å². The van der Waals surface area contributed by atoms with Gasteiger partial charge in [0.2, 0.25) is 0 Å². The van der Waals surface area contributed by atoms with E-state index in [1.807, 2.05) is 0 Å². The monoisotopic (exact) mass is 212 g/mol. The number of aromatic amines is 1. The fraction of sp³-hybridized carbons (Fsp3) is 0.333. The van der Waals surface area contributed by atoms with Crippen LogP contribution in [0, 0.1) is 6.92 Å². The van der Waals surface area contributed by atoms with Gasteiger partial charge in [0.25, 0.3) is 5.56 Å². The quantitative estimate of drug-likeness (QED) is 0.578. The molecule has 6 nitrogen and oxygen atoms in total. The van der Waals surface area contributed by atoms with Crippen LogP contribution in [-0.4, -0.2) is 33.0 Å². The molecule has 0 spiro atoms. The first kappa shape index (κ1) is 11.4. The van der Waals surface area contributed by atoms with Gasteiger partial charge in [0.1, 0.15) is 0 Å². The molecule has 82 valence electrons. The molecule has 0 aliphatic rings. The maximum atomic E-state index is 11.3. The minimum atomic E-state index is -0.606. The summed E-state index contributed by atoms with van der Waals surface area (Å²) < 4.78 is 1.11. The van der Waals surface area contributed by atoms with Gasteiger partial charge in [0.05, 0.1) is 13.2 Å². The van der Waals surface area contributed by atoms with Gasteiger partial charge in [-0.3, -0.25) is 14.3 Å². The largest absolute Gasteiger partial charge is 0.392 e. The highest BCUT2D eigenvalue weighted by Crippen LogP contribution is 1.94. The van der Waals surface area contributed by atoms with Crippen molar-refractivity contribution < 1.29 is 10.2 Å². The molecule has 6 heteroatoms. The Kier molecular flexibility index (Phi) is 3.59. The molecule has 0 amide bonds. The summed E-state index contributed by atoms with van der Waals surface area (Å²) in [5.74, 6) is 0. The lowest BCUT2D eigenvalue weighted by atomic mass is 10.3. The Bertz CT molecular complexity index is 478. The van der Waals surface area contributed by atoms with Crippen LogP contribution in [0.15, 0.2) is 21.4 Å². The minimum absolute atomic E-state index is 0.281. The van der Waals surface area contributed by atoms with E-state index in [-0.39, 0.29) is 18.8 Å². The van der Waals surface area contributed by atoms with Crippen molar-refractivity contribution in [3.63, 3.8) is 0 Å². The molecule has 1 aromatic heterocycles. The highest BCUT2D eigenvalue weighted by molar-refractivity contribution is 5.31. The molecule has 0 bridgehead atoms. The van der Waals surface area contributed by atoms with Crippen molar-refractivity contribution in [3.8, 4) is 0 Å². The number of nitrogens with zero attached hydrogens (tertiary/aromatic N) is 1. The number of aliphatic hydroxyl groups excluding tert-OH is 2. The lowest BCUT2D eigenvalue weighted by Gasteiger charge is -2.02. The van der Waals surface area contributed by atoms with Gasteiger partial charge in [-0.05, 0) is 12.5 Å². The summed E-state index contributed by atoms with van der Waals surface area (Å²) in [6, 6.07) is 0. The maximum Gasteiger partial charge on any atom is 0.332 e. The average molecular weight is 212 g/mol. The Morgan fingerprint density at radius 2 is 2.07 bits per heavy atom. The number of H-pyrrole nitrogens is 1. The maximum absolute atomic E-state index is 11.3. The van der Waals surface area contributed by atoms with Crippen molar-refractivity contribution in [3.05, 3.63) is 38.2 Å². The van der Waals surface area contributed by atoms with E-state index in [1.54, 1.807) is 6.92 Å². The van der Waals surface area contributed by atoms with Crippen molar-refractivity contribution >= 4 is 6.20 Å². The molecule has 15 heavy (non-hydrogen) atoms. The normalized spacial score (nSPS) is 10.1. The first-order valence-corrected chi connectivity index (χ1v) is 4.32. The zero-order chi connectivity index (χ0) is 11.4. The summed E-state index contributed by atoms with van der Waals surface area (Å²) in [6.45, 7) is 0.863. The molecule has 0 aliphatic heterocycles. The molecule has 0 saturated heterocycles. The molecular weight excluding hydrogens is 200 g/mol. The van der Waals surface area contributed by atoms with E-state index >= 15 is 0 Å². The lowest BCUT2D eigenvalue weighted by Crippen LogP contribution is -2.28. The number of hydrogen-bond donors (Lipinski definition) is 3. The van der Waals surface area contributed by atoms with Crippen molar-refractivity contribution in [2.75, 3.05) is 13.2 Å². The van der Waals surface area contributed by atoms with Gasteiger partial charge in [-0.2, -0.15) is 0 Å². The first-order chi connectivity index (χ1) is 7.08. The number of hydrogen-bond acceptors (Lipinski definition) is 4. The molecule has 3 N–H and O–H groups in total. The summed E-state index contributed by atoms with van der Waals surface area (Å²) in [4.78, 5) is 24.4. The van der Waals surface area contributed by atoms with E-state index in [0.717, 1.165) is 4.57 Å². The second kappa shape index (κ2) is 4.72. The van der Waals surface area contributed by atoms with Crippen LogP contribution in [0.2, 0.25) is 0 Å². The van der Waals surface area contributed by atoms with Gasteiger partial charge < -0.3 is 10.2 Å². The zero-order valence-corrected chi connectivity index (χ0v) is 8.23. The van der Waals surface area contributed by atoms with Gasteiger partial charge in [-0.25, -0.2) is 4.79 Å². The molecule has 0 saturated carbocycles. The molecular formula is C9H12N2O4. The molecule has 1 rings (SSSR count). The summed E-state index contributed by atoms with van der Waals surface area (Å²) in [5.41, 5.74) is -0.395. The third-order valence-corrected chi connectivity index (χ3v) is 1.87. The Labute approximate surface area is 85.1 Å². The summed E-state index contributed by atoms with van der Waals surface area (Å²) >= 11 is 0. The molecule has 0 aromatic carbocycles. The number of rotatable bonds is 3. The Morgan fingerprint density at radius 1 is 1.47 bits per heavy atom. The Morgan fingerprint density at radius 3 is 2.60 bits per heavy atom. The minimum Gasteiger partial charge on any atom is -0.392 e. The van der Waals surface area contributed by atoms with Gasteiger partial charge in [-0.15, -0.1) is 0 Å². The summed E-state index contributed by atoms with van der Waals surface area (Å²) in [6.07, 6.45) is 2.62. The van der Waals surface area contributed by atoms with E-state index < -0.39 is 11.2 Å². The Hall–Kier alpha value is -1.66. The smallest absolute Gasteiger partial charge is 0.332 e. The number of aromatic nitrogens is 2. The molecule has 0 atom stereocenters. The topological polar surface area (TPSA) is 95.3 Å². The third-order valence-electron chi connectivity index (χ3n) is 1.87. The number of nitrogens with one attached hydrogen (secondary N) is 1. The van der Waals surface area contributed by atoms with E-state index in [2.05, 4.69) is 4.98 Å². The summed E-state index contributed by atoms with van der Waals surface area (Å²) in [7, 11) is 0. The third kappa shape index (κ3) is 2.64. The number of aryl methyl sites for hydroxylation is 1. The van der Waals surface area contributed by atoms with E-state index in [0.29, 0.717) is 5.56 Å². The fourth-order valence-corrected chi connectivity index (χ4v) is 1.01. The van der Waals surface area contributed by atoms with Crippen molar-refractivity contribution in [1.29, 1.82) is 0 Å². The molecule has 0 aliphatic carbocycles. The van der Waals surface area contributed by atoms with Gasteiger partial charge in [0, 0.05) is 18.0 Å². The van der Waals surface area contributed by atoms with Gasteiger partial charge in [-0.1, -0.05) is 0 Å². The second-order valence-electron chi connectivity index (χ2n) is 3.08. The van der Waals surface area contributed by atoms with Crippen LogP contribution in [0.25, 0.3) is 6.20 Å². The van der Waals surface area contributed by atoms with Crippen molar-refractivity contribution in [1.82, 2.24) is 9.55 Å². The predicted molar refractivity (Wildman–Crippen MR) is 54.5 cm³/mol. The zero-order valence-electron chi connectivity index (χ0n) is 8.23. The molecule has 0 radical (unpaired) electrons. The average Bonchev–Trinajstić information content (AvgIpc) is 2.21. The lowest BCUT2D eigenvalue weighted by molar-refractivity contribution is 0.277. The Balaban J connectivity index is 3.27. The predicted octanol–water partition coefficient (Wildman–Crippen LogP) is -1.33. The highest BCUT2D eigenvalue weighted by atomic mass is 16.3. The van der Waals surface area contributed by atoms with E-state index in [4.69, 9.17) is 10.2 Å². The van der Waals surface area contributed by atoms with Crippen LogP contribution in [-0.2, 0) is 0 Å². The van der Waals surface area contributed by atoms with E-state index in [9.17, 15) is 9.59 Å². The number of aliphatic hydroxyl groups is 2. The van der Waals surface area contributed by atoms with Crippen LogP contribution in [0.1, 0.15) is 5.56 Å². The van der Waals surface area contributed by atoms with Gasteiger partial charge in [0.15, 0.2) is 0 Å². The van der Waals surface area contributed by atoms with Crippen molar-refractivity contribution in [2.24, 2.45) is 0 Å². The summed E-state index contributed by atoms with van der Waals surface area (Å²) in [5, 5.41) is 17.6. The molecule has 0 fully saturated rings. The van der Waals surface area contributed by atoms with E-state index in [1.165, 1.54) is 12.4 Å². The second-order valence-corrected chi connectivity index (χ2v) is 3.08. The van der Waals surface area contributed by atoms with Crippen LogP contribution in [0.5, 0.6) is 0 Å². The molecule has 1 aromatic rings.